The molecule has 1 saturated heterocycles. The van der Waals surface area contributed by atoms with Gasteiger partial charge < -0.3 is 9.88 Å². The Labute approximate surface area is 157 Å². The lowest BCUT2D eigenvalue weighted by Crippen LogP contribution is -2.42. The Kier molecular flexibility index (Phi) is 5.89. The molecule has 26 heavy (non-hydrogen) atoms. The number of Topliss-reactive ketones (excluding diaryl/α,β-unsaturated/α-hetero) is 1. The topological polar surface area (TPSA) is 70.2 Å². The molecule has 0 aliphatic carbocycles. The minimum absolute atomic E-state index is 0.0108. The Hall–Kier alpha value is -2.40. The van der Waals surface area contributed by atoms with E-state index in [4.69, 9.17) is 11.6 Å². The second-order valence-corrected chi connectivity index (χ2v) is 7.01. The summed E-state index contributed by atoms with van der Waals surface area (Å²) < 4.78 is 0. The Balaban J connectivity index is 1.61. The van der Waals surface area contributed by atoms with Gasteiger partial charge in [0.2, 0.25) is 0 Å². The van der Waals surface area contributed by atoms with E-state index in [0.29, 0.717) is 25.1 Å². The molecule has 136 valence electrons. The van der Waals surface area contributed by atoms with Crippen LogP contribution >= 0.6 is 11.6 Å². The van der Waals surface area contributed by atoms with Crippen LogP contribution in [0.15, 0.2) is 47.4 Å². The number of aryl methyl sites for hydroxylation is 1. The van der Waals surface area contributed by atoms with E-state index in [-0.39, 0.29) is 22.6 Å². The molecule has 0 unspecified atom stereocenters. The van der Waals surface area contributed by atoms with Crippen molar-refractivity contribution in [3.63, 3.8) is 0 Å². The number of amides is 1. The van der Waals surface area contributed by atoms with E-state index in [2.05, 4.69) is 4.98 Å². The Morgan fingerprint density at radius 1 is 1.23 bits per heavy atom. The second kappa shape index (κ2) is 8.32. The number of halogens is 1. The van der Waals surface area contributed by atoms with Gasteiger partial charge in [0.05, 0.1) is 5.56 Å². The van der Waals surface area contributed by atoms with Crippen molar-refractivity contribution in [3.05, 3.63) is 69.1 Å². The first-order valence-electron chi connectivity index (χ1n) is 8.79. The molecule has 6 heteroatoms. The van der Waals surface area contributed by atoms with Crippen LogP contribution in [0.4, 0.5) is 0 Å². The fourth-order valence-electron chi connectivity index (χ4n) is 3.30. The van der Waals surface area contributed by atoms with E-state index in [0.717, 1.165) is 24.8 Å². The number of nitrogens with zero attached hydrogens (tertiary/aromatic N) is 1. The summed E-state index contributed by atoms with van der Waals surface area (Å²) in [6, 6.07) is 11.3. The lowest BCUT2D eigenvalue weighted by atomic mass is 9.90. The maximum atomic E-state index is 12.6. The zero-order chi connectivity index (χ0) is 18.5. The van der Waals surface area contributed by atoms with Gasteiger partial charge in [-0.3, -0.25) is 14.4 Å². The largest absolute Gasteiger partial charge is 0.338 e. The number of carbonyl (C=O) groups excluding carboxylic acids is 2. The summed E-state index contributed by atoms with van der Waals surface area (Å²) >= 11 is 5.81. The molecule has 1 aliphatic heterocycles. The predicted molar refractivity (Wildman–Crippen MR) is 100 cm³/mol. The molecular weight excluding hydrogens is 352 g/mol. The van der Waals surface area contributed by atoms with Crippen molar-refractivity contribution in [2.45, 2.75) is 25.7 Å². The van der Waals surface area contributed by atoms with Gasteiger partial charge in [-0.1, -0.05) is 41.9 Å². The number of H-pyrrole nitrogens is 1. The summed E-state index contributed by atoms with van der Waals surface area (Å²) in [6.45, 7) is 1.03. The van der Waals surface area contributed by atoms with Gasteiger partial charge in [0.15, 0.2) is 0 Å². The van der Waals surface area contributed by atoms with Crippen LogP contribution in [0.25, 0.3) is 0 Å². The normalized spacial score (nSPS) is 17.1. The van der Waals surface area contributed by atoms with E-state index in [9.17, 15) is 14.4 Å². The van der Waals surface area contributed by atoms with Crippen molar-refractivity contribution in [1.82, 2.24) is 9.88 Å². The summed E-state index contributed by atoms with van der Waals surface area (Å²) in [5.74, 6) is -0.135. The number of pyridine rings is 1. The molecule has 0 saturated carbocycles. The summed E-state index contributed by atoms with van der Waals surface area (Å²) in [5.41, 5.74) is 1.07. The molecule has 0 spiro atoms. The number of hydrogen-bond acceptors (Lipinski definition) is 3. The van der Waals surface area contributed by atoms with E-state index >= 15 is 0 Å². The molecule has 0 radical (unpaired) electrons. The summed E-state index contributed by atoms with van der Waals surface area (Å²) in [6.07, 6.45) is 4.19. The molecule has 5 nitrogen and oxygen atoms in total. The SMILES string of the molecule is O=C(CCc1ccccc1)[C@@H]1CCCN(C(=O)c2c[nH]c(=O)c(Cl)c2)C1. The third-order valence-electron chi connectivity index (χ3n) is 4.77. The van der Waals surface area contributed by atoms with E-state index < -0.39 is 5.56 Å². The minimum atomic E-state index is -0.421. The minimum Gasteiger partial charge on any atom is -0.338 e. The van der Waals surface area contributed by atoms with Gasteiger partial charge >= 0.3 is 0 Å². The maximum absolute atomic E-state index is 12.6. The van der Waals surface area contributed by atoms with Gasteiger partial charge in [-0.25, -0.2) is 0 Å². The summed E-state index contributed by atoms with van der Waals surface area (Å²) in [7, 11) is 0. The number of benzene rings is 1. The molecule has 1 N–H and O–H groups in total. The van der Waals surface area contributed by atoms with Crippen molar-refractivity contribution in [2.24, 2.45) is 5.92 Å². The molecule has 1 atom stereocenters. The number of piperidine rings is 1. The predicted octanol–water partition coefficient (Wildman–Crippen LogP) is 3.08. The van der Waals surface area contributed by atoms with Crippen LogP contribution in [0.2, 0.25) is 5.02 Å². The number of hydrogen-bond donors (Lipinski definition) is 1. The summed E-state index contributed by atoms with van der Waals surface area (Å²) in [5, 5.41) is -0.0108. The Morgan fingerprint density at radius 2 is 2.00 bits per heavy atom. The lowest BCUT2D eigenvalue weighted by molar-refractivity contribution is -0.124. The monoisotopic (exact) mass is 372 g/mol. The fourth-order valence-corrected chi connectivity index (χ4v) is 3.47. The molecule has 1 aliphatic rings. The highest BCUT2D eigenvalue weighted by molar-refractivity contribution is 6.30. The van der Waals surface area contributed by atoms with Crippen molar-refractivity contribution in [1.29, 1.82) is 0 Å². The van der Waals surface area contributed by atoms with Gasteiger partial charge in [0.25, 0.3) is 11.5 Å². The molecule has 2 heterocycles. The van der Waals surface area contributed by atoms with Gasteiger partial charge in [-0.15, -0.1) is 0 Å². The van der Waals surface area contributed by atoms with Crippen LogP contribution in [0.3, 0.4) is 0 Å². The second-order valence-electron chi connectivity index (χ2n) is 6.61. The number of carbonyl (C=O) groups is 2. The molecule has 1 amide bonds. The first kappa shape index (κ1) is 18.4. The quantitative estimate of drug-likeness (QED) is 0.876. The Morgan fingerprint density at radius 3 is 2.73 bits per heavy atom. The van der Waals surface area contributed by atoms with Gasteiger partial charge in [-0.2, -0.15) is 0 Å². The highest BCUT2D eigenvalue weighted by Gasteiger charge is 2.28. The van der Waals surface area contributed by atoms with Crippen molar-refractivity contribution >= 4 is 23.3 Å². The molecule has 3 rings (SSSR count). The third kappa shape index (κ3) is 4.41. The number of aromatic amines is 1. The van der Waals surface area contributed by atoms with Crippen molar-refractivity contribution in [2.75, 3.05) is 13.1 Å². The number of nitrogens with one attached hydrogen (secondary N) is 1. The zero-order valence-corrected chi connectivity index (χ0v) is 15.2. The third-order valence-corrected chi connectivity index (χ3v) is 5.05. The van der Waals surface area contributed by atoms with E-state index in [1.165, 1.54) is 12.3 Å². The molecule has 1 fully saturated rings. The van der Waals surface area contributed by atoms with E-state index in [1.807, 2.05) is 30.3 Å². The van der Waals surface area contributed by atoms with Crippen LogP contribution in [-0.4, -0.2) is 34.7 Å². The average Bonchev–Trinajstić information content (AvgIpc) is 2.68. The highest BCUT2D eigenvalue weighted by Crippen LogP contribution is 2.21. The van der Waals surface area contributed by atoms with E-state index in [1.54, 1.807) is 4.90 Å². The molecular formula is C20H21ClN2O3. The molecule has 2 aromatic rings. The van der Waals surface area contributed by atoms with Crippen LogP contribution in [0, 0.1) is 5.92 Å². The number of rotatable bonds is 5. The van der Waals surface area contributed by atoms with Gasteiger partial charge in [-0.05, 0) is 30.9 Å². The smallest absolute Gasteiger partial charge is 0.266 e. The first-order chi connectivity index (χ1) is 12.5. The van der Waals surface area contributed by atoms with Crippen LogP contribution in [0.5, 0.6) is 0 Å². The molecule has 1 aromatic heterocycles. The van der Waals surface area contributed by atoms with Gasteiger partial charge in [0.1, 0.15) is 10.8 Å². The van der Waals surface area contributed by atoms with Crippen LogP contribution in [0.1, 0.15) is 35.2 Å². The number of aromatic nitrogens is 1. The fraction of sp³-hybridized carbons (Fsp3) is 0.350. The summed E-state index contributed by atoms with van der Waals surface area (Å²) in [4.78, 5) is 40.7. The number of likely N-dealkylation sites (tertiary alicyclic amines) is 1. The standard InChI is InChI=1S/C20H21ClN2O3/c21-17-11-16(12-22-19(17)25)20(26)23-10-4-7-15(13-23)18(24)9-8-14-5-2-1-3-6-14/h1-3,5-6,11-12,15H,4,7-10,13H2,(H,22,25)/t15-/m1/s1. The molecule has 1 aromatic carbocycles. The zero-order valence-electron chi connectivity index (χ0n) is 14.4. The lowest BCUT2D eigenvalue weighted by Gasteiger charge is -2.32. The Bertz CT molecular complexity index is 848. The van der Waals surface area contributed by atoms with Crippen molar-refractivity contribution < 1.29 is 9.59 Å². The number of ketones is 1. The van der Waals surface area contributed by atoms with Gasteiger partial charge in [0, 0.05) is 31.6 Å². The molecule has 0 bridgehead atoms. The van der Waals surface area contributed by atoms with Crippen molar-refractivity contribution in [3.8, 4) is 0 Å². The average molecular weight is 373 g/mol. The highest BCUT2D eigenvalue weighted by atomic mass is 35.5. The maximum Gasteiger partial charge on any atom is 0.266 e. The van der Waals surface area contributed by atoms with Crippen LogP contribution in [-0.2, 0) is 11.2 Å². The first-order valence-corrected chi connectivity index (χ1v) is 9.16. The van der Waals surface area contributed by atoms with Crippen LogP contribution < -0.4 is 5.56 Å².